The third kappa shape index (κ3) is 1.94. The van der Waals surface area contributed by atoms with Gasteiger partial charge in [0.05, 0.1) is 12.2 Å². The molecule has 0 bridgehead atoms. The second-order valence-corrected chi connectivity index (χ2v) is 2.23. The first-order valence-electron chi connectivity index (χ1n) is 3.37. The maximum atomic E-state index is 8.23. The summed E-state index contributed by atoms with van der Waals surface area (Å²) < 4.78 is 0. The minimum atomic E-state index is 0.517. The van der Waals surface area contributed by atoms with Gasteiger partial charge in [-0.1, -0.05) is 6.07 Å². The monoisotopic (exact) mass is 147 g/mol. The van der Waals surface area contributed by atoms with E-state index in [4.69, 9.17) is 5.26 Å². The van der Waals surface area contributed by atoms with Crippen LogP contribution in [0.4, 0.5) is 0 Å². The van der Waals surface area contributed by atoms with Gasteiger partial charge in [-0.2, -0.15) is 5.26 Å². The number of nitrogens with zero attached hydrogens (tertiary/aromatic N) is 2. The van der Waals surface area contributed by atoms with Crippen LogP contribution in [0, 0.1) is 18.4 Å². The lowest BCUT2D eigenvalue weighted by Crippen LogP contribution is -2.07. The van der Waals surface area contributed by atoms with Crippen molar-refractivity contribution in [2.75, 3.05) is 0 Å². The number of aromatic nitrogens is 1. The molecular weight excluding hydrogens is 138 g/mol. The quantitative estimate of drug-likeness (QED) is 0.500. The van der Waals surface area contributed by atoms with Crippen molar-refractivity contribution in [3.8, 4) is 6.19 Å². The molecule has 1 aromatic rings. The molecule has 3 nitrogen and oxygen atoms in total. The summed E-state index contributed by atoms with van der Waals surface area (Å²) in [6.45, 7) is 2.49. The number of nitrogens with one attached hydrogen (secondary N) is 1. The van der Waals surface area contributed by atoms with E-state index >= 15 is 0 Å². The maximum absolute atomic E-state index is 8.23. The van der Waals surface area contributed by atoms with Gasteiger partial charge in [0.1, 0.15) is 0 Å². The summed E-state index contributed by atoms with van der Waals surface area (Å²) in [6, 6.07) is 3.85. The molecule has 0 radical (unpaired) electrons. The van der Waals surface area contributed by atoms with E-state index in [1.165, 1.54) is 0 Å². The molecule has 0 amide bonds. The Labute approximate surface area is 65.7 Å². The highest BCUT2D eigenvalue weighted by molar-refractivity contribution is 5.17. The Bertz CT molecular complexity index is 275. The van der Waals surface area contributed by atoms with Crippen LogP contribution in [0.25, 0.3) is 0 Å². The summed E-state index contributed by atoms with van der Waals surface area (Å²) in [6.07, 6.45) is 3.58. The molecule has 0 fully saturated rings. The molecular formula is C8H9N3. The van der Waals surface area contributed by atoms with E-state index in [0.29, 0.717) is 6.54 Å². The lowest BCUT2D eigenvalue weighted by atomic mass is 10.2. The minimum Gasteiger partial charge on any atom is -0.318 e. The molecule has 0 saturated carbocycles. The van der Waals surface area contributed by atoms with E-state index in [2.05, 4.69) is 10.3 Å². The van der Waals surface area contributed by atoms with Crippen molar-refractivity contribution in [2.45, 2.75) is 13.5 Å². The van der Waals surface area contributed by atoms with Gasteiger partial charge in [0.15, 0.2) is 6.19 Å². The van der Waals surface area contributed by atoms with Crippen molar-refractivity contribution in [2.24, 2.45) is 0 Å². The molecule has 56 valence electrons. The molecule has 3 heteroatoms. The zero-order chi connectivity index (χ0) is 8.10. The van der Waals surface area contributed by atoms with Crippen LogP contribution in [0.1, 0.15) is 11.3 Å². The van der Waals surface area contributed by atoms with Gasteiger partial charge in [-0.3, -0.25) is 4.98 Å². The molecule has 0 aliphatic heterocycles. The van der Waals surface area contributed by atoms with Crippen LogP contribution < -0.4 is 5.32 Å². The van der Waals surface area contributed by atoms with Gasteiger partial charge < -0.3 is 5.32 Å². The van der Waals surface area contributed by atoms with Gasteiger partial charge in [0.2, 0.25) is 0 Å². The van der Waals surface area contributed by atoms with Gasteiger partial charge in [-0.25, -0.2) is 0 Å². The third-order valence-corrected chi connectivity index (χ3v) is 1.45. The normalized spacial score (nSPS) is 8.73. The fourth-order valence-electron chi connectivity index (χ4n) is 0.827. The van der Waals surface area contributed by atoms with Crippen LogP contribution >= 0.6 is 0 Å². The second kappa shape index (κ2) is 3.57. The first-order valence-corrected chi connectivity index (χ1v) is 3.37. The van der Waals surface area contributed by atoms with Crippen molar-refractivity contribution >= 4 is 0 Å². The summed E-state index contributed by atoms with van der Waals surface area (Å²) in [4.78, 5) is 4.10. The fraction of sp³-hybridized carbons (Fsp3) is 0.250. The molecule has 1 rings (SSSR count). The van der Waals surface area contributed by atoms with Gasteiger partial charge in [0, 0.05) is 6.20 Å². The van der Waals surface area contributed by atoms with Crippen molar-refractivity contribution in [3.63, 3.8) is 0 Å². The average molecular weight is 147 g/mol. The Kier molecular flexibility index (Phi) is 2.45. The van der Waals surface area contributed by atoms with Gasteiger partial charge in [-0.05, 0) is 18.6 Å². The third-order valence-electron chi connectivity index (χ3n) is 1.45. The molecule has 1 N–H and O–H groups in total. The lowest BCUT2D eigenvalue weighted by Gasteiger charge is -2.00. The van der Waals surface area contributed by atoms with Crippen LogP contribution in [-0.2, 0) is 6.54 Å². The van der Waals surface area contributed by atoms with E-state index in [-0.39, 0.29) is 0 Å². The molecule has 11 heavy (non-hydrogen) atoms. The topological polar surface area (TPSA) is 48.7 Å². The summed E-state index contributed by atoms with van der Waals surface area (Å²) in [7, 11) is 0. The van der Waals surface area contributed by atoms with Gasteiger partial charge >= 0.3 is 0 Å². The van der Waals surface area contributed by atoms with Crippen molar-refractivity contribution in [3.05, 3.63) is 29.6 Å². The predicted octanol–water partition coefficient (Wildman–Crippen LogP) is 0.961. The molecule has 0 spiro atoms. The summed E-state index contributed by atoms with van der Waals surface area (Å²) in [5, 5.41) is 10.8. The van der Waals surface area contributed by atoms with E-state index in [1.807, 2.05) is 25.2 Å². The van der Waals surface area contributed by atoms with Crippen molar-refractivity contribution < 1.29 is 0 Å². The number of hydrogen-bond donors (Lipinski definition) is 1. The van der Waals surface area contributed by atoms with Crippen LogP contribution in [0.15, 0.2) is 18.3 Å². The Balaban J connectivity index is 2.71. The zero-order valence-electron chi connectivity index (χ0n) is 6.33. The zero-order valence-corrected chi connectivity index (χ0v) is 6.33. The van der Waals surface area contributed by atoms with Gasteiger partial charge in [-0.15, -0.1) is 0 Å². The molecule has 0 unspecified atom stereocenters. The number of hydrogen-bond acceptors (Lipinski definition) is 3. The smallest absolute Gasteiger partial charge is 0.176 e. The Morgan fingerprint density at radius 3 is 3.18 bits per heavy atom. The SMILES string of the molecule is Cc1cccnc1CNC#N. The van der Waals surface area contributed by atoms with E-state index in [0.717, 1.165) is 11.3 Å². The van der Waals surface area contributed by atoms with Crippen LogP contribution in [0.5, 0.6) is 0 Å². The molecule has 0 aromatic carbocycles. The van der Waals surface area contributed by atoms with Gasteiger partial charge in [0.25, 0.3) is 0 Å². The minimum absolute atomic E-state index is 0.517. The molecule has 0 saturated heterocycles. The van der Waals surface area contributed by atoms with E-state index < -0.39 is 0 Å². The first kappa shape index (κ1) is 7.55. The first-order chi connectivity index (χ1) is 5.34. The summed E-state index contributed by atoms with van der Waals surface area (Å²) >= 11 is 0. The molecule has 1 aromatic heterocycles. The predicted molar refractivity (Wildman–Crippen MR) is 41.4 cm³/mol. The van der Waals surface area contributed by atoms with E-state index in [1.54, 1.807) is 6.20 Å². The largest absolute Gasteiger partial charge is 0.318 e. The molecule has 1 heterocycles. The summed E-state index contributed by atoms with van der Waals surface area (Å²) in [5.74, 6) is 0. The highest BCUT2D eigenvalue weighted by Gasteiger charge is 1.95. The molecule has 0 aliphatic carbocycles. The van der Waals surface area contributed by atoms with Crippen LogP contribution in [0.3, 0.4) is 0 Å². The van der Waals surface area contributed by atoms with Crippen molar-refractivity contribution in [1.82, 2.24) is 10.3 Å². The number of pyridine rings is 1. The highest BCUT2D eigenvalue weighted by atomic mass is 14.9. The Morgan fingerprint density at radius 2 is 2.55 bits per heavy atom. The van der Waals surface area contributed by atoms with Crippen molar-refractivity contribution in [1.29, 1.82) is 5.26 Å². The summed E-state index contributed by atoms with van der Waals surface area (Å²) in [5.41, 5.74) is 2.03. The maximum Gasteiger partial charge on any atom is 0.176 e. The molecule has 0 aliphatic rings. The number of nitriles is 1. The van der Waals surface area contributed by atoms with E-state index in [9.17, 15) is 0 Å². The standard InChI is InChI=1S/C8H9N3/c1-7-3-2-4-11-8(7)5-10-6-9/h2-4,10H,5H2,1H3. The molecule has 0 atom stereocenters. The second-order valence-electron chi connectivity index (χ2n) is 2.23. The Hall–Kier alpha value is -1.56. The van der Waals surface area contributed by atoms with Crippen LogP contribution in [-0.4, -0.2) is 4.98 Å². The van der Waals surface area contributed by atoms with Crippen LogP contribution in [0.2, 0.25) is 0 Å². The highest BCUT2D eigenvalue weighted by Crippen LogP contribution is 2.01. The Morgan fingerprint density at radius 1 is 1.73 bits per heavy atom. The fourth-order valence-corrected chi connectivity index (χ4v) is 0.827. The lowest BCUT2D eigenvalue weighted by molar-refractivity contribution is 0.839. The number of aryl methyl sites for hydroxylation is 1. The average Bonchev–Trinajstić information content (AvgIpc) is 2.03. The number of rotatable bonds is 2.